The van der Waals surface area contributed by atoms with E-state index in [1.54, 1.807) is 6.92 Å². The molecule has 1 amide bonds. The molecule has 4 nitrogen and oxygen atoms in total. The zero-order valence-electron chi connectivity index (χ0n) is 14.1. The van der Waals surface area contributed by atoms with Crippen molar-refractivity contribution in [3.8, 4) is 11.3 Å². The SMILES string of the molecule is C=CCc1nc(-c2ccccc2)c(CNC(=O)C(=C)C)n1CC=C. The monoisotopic (exact) mass is 321 g/mol. The van der Waals surface area contributed by atoms with E-state index in [0.717, 1.165) is 22.8 Å². The van der Waals surface area contributed by atoms with Crippen molar-refractivity contribution < 1.29 is 4.79 Å². The number of allylic oxidation sites excluding steroid dienone is 2. The molecular formula is C20H23N3O. The Morgan fingerprint density at radius 2 is 1.96 bits per heavy atom. The van der Waals surface area contributed by atoms with Crippen LogP contribution in [0.25, 0.3) is 11.3 Å². The number of nitrogens with one attached hydrogen (secondary N) is 1. The molecule has 0 spiro atoms. The number of hydrogen-bond acceptors (Lipinski definition) is 2. The van der Waals surface area contributed by atoms with Crippen LogP contribution in [-0.4, -0.2) is 15.5 Å². The quantitative estimate of drug-likeness (QED) is 0.596. The second-order valence-corrected chi connectivity index (χ2v) is 5.54. The van der Waals surface area contributed by atoms with Crippen molar-refractivity contribution in [2.45, 2.75) is 26.4 Å². The molecular weight excluding hydrogens is 298 g/mol. The fraction of sp³-hybridized carbons (Fsp3) is 0.200. The van der Waals surface area contributed by atoms with Crippen LogP contribution >= 0.6 is 0 Å². The average Bonchev–Trinajstić information content (AvgIpc) is 2.92. The van der Waals surface area contributed by atoms with E-state index in [9.17, 15) is 4.79 Å². The predicted molar refractivity (Wildman–Crippen MR) is 98.4 cm³/mol. The van der Waals surface area contributed by atoms with Crippen LogP contribution in [0.3, 0.4) is 0 Å². The Kier molecular flexibility index (Phi) is 5.90. The minimum absolute atomic E-state index is 0.161. The first-order valence-corrected chi connectivity index (χ1v) is 7.87. The molecule has 0 saturated carbocycles. The number of aromatic nitrogens is 2. The summed E-state index contributed by atoms with van der Waals surface area (Å²) in [5.41, 5.74) is 3.33. The molecule has 0 unspecified atom stereocenters. The van der Waals surface area contributed by atoms with Gasteiger partial charge in [-0.15, -0.1) is 13.2 Å². The van der Waals surface area contributed by atoms with Crippen LogP contribution < -0.4 is 5.32 Å². The van der Waals surface area contributed by atoms with Crippen LogP contribution in [0.4, 0.5) is 0 Å². The third-order valence-corrected chi connectivity index (χ3v) is 3.64. The van der Waals surface area contributed by atoms with Gasteiger partial charge in [0, 0.05) is 24.1 Å². The minimum atomic E-state index is -0.161. The molecule has 1 aromatic carbocycles. The summed E-state index contributed by atoms with van der Waals surface area (Å²) in [5, 5.41) is 2.90. The molecule has 4 heteroatoms. The normalized spacial score (nSPS) is 10.2. The van der Waals surface area contributed by atoms with Crippen molar-refractivity contribution in [3.05, 3.63) is 79.3 Å². The van der Waals surface area contributed by atoms with E-state index < -0.39 is 0 Å². The lowest BCUT2D eigenvalue weighted by molar-refractivity contribution is -0.117. The molecule has 1 heterocycles. The number of carbonyl (C=O) groups is 1. The van der Waals surface area contributed by atoms with Crippen LogP contribution in [0.2, 0.25) is 0 Å². The van der Waals surface area contributed by atoms with E-state index in [-0.39, 0.29) is 5.91 Å². The Hall–Kier alpha value is -2.88. The maximum absolute atomic E-state index is 11.9. The van der Waals surface area contributed by atoms with Gasteiger partial charge in [-0.3, -0.25) is 4.79 Å². The van der Waals surface area contributed by atoms with Crippen molar-refractivity contribution in [1.82, 2.24) is 14.9 Å². The van der Waals surface area contributed by atoms with Crippen molar-refractivity contribution in [1.29, 1.82) is 0 Å². The van der Waals surface area contributed by atoms with E-state index in [0.29, 0.717) is 25.1 Å². The van der Waals surface area contributed by atoms with Crippen molar-refractivity contribution in [2.75, 3.05) is 0 Å². The largest absolute Gasteiger partial charge is 0.347 e. The summed E-state index contributed by atoms with van der Waals surface area (Å²) in [6, 6.07) is 9.96. The van der Waals surface area contributed by atoms with Gasteiger partial charge >= 0.3 is 0 Å². The van der Waals surface area contributed by atoms with Gasteiger partial charge in [-0.25, -0.2) is 4.98 Å². The summed E-state index contributed by atoms with van der Waals surface area (Å²) in [6.45, 7) is 14.0. The average molecular weight is 321 g/mol. The summed E-state index contributed by atoms with van der Waals surface area (Å²) in [7, 11) is 0. The van der Waals surface area contributed by atoms with Gasteiger partial charge in [0.2, 0.25) is 5.91 Å². The highest BCUT2D eigenvalue weighted by Crippen LogP contribution is 2.25. The lowest BCUT2D eigenvalue weighted by Gasteiger charge is -2.11. The van der Waals surface area contributed by atoms with Gasteiger partial charge in [-0.05, 0) is 6.92 Å². The lowest BCUT2D eigenvalue weighted by Crippen LogP contribution is -2.25. The number of nitrogens with zero attached hydrogens (tertiary/aromatic N) is 2. The smallest absolute Gasteiger partial charge is 0.246 e. The highest BCUT2D eigenvalue weighted by molar-refractivity contribution is 5.92. The third kappa shape index (κ3) is 3.90. The molecule has 2 aromatic rings. The van der Waals surface area contributed by atoms with Crippen LogP contribution in [0, 0.1) is 0 Å². The van der Waals surface area contributed by atoms with Gasteiger partial charge in [0.1, 0.15) is 5.82 Å². The zero-order valence-corrected chi connectivity index (χ0v) is 14.1. The van der Waals surface area contributed by atoms with E-state index in [2.05, 4.69) is 29.6 Å². The Labute approximate surface area is 143 Å². The van der Waals surface area contributed by atoms with Crippen molar-refractivity contribution in [3.63, 3.8) is 0 Å². The Morgan fingerprint density at radius 1 is 1.25 bits per heavy atom. The second kappa shape index (κ2) is 8.11. The number of carbonyl (C=O) groups excluding carboxylic acids is 1. The molecule has 24 heavy (non-hydrogen) atoms. The van der Waals surface area contributed by atoms with E-state index >= 15 is 0 Å². The van der Waals surface area contributed by atoms with Gasteiger partial charge in [0.05, 0.1) is 17.9 Å². The number of rotatable bonds is 8. The molecule has 124 valence electrons. The van der Waals surface area contributed by atoms with E-state index in [1.807, 2.05) is 42.5 Å². The van der Waals surface area contributed by atoms with Gasteiger partial charge in [-0.2, -0.15) is 0 Å². The fourth-order valence-corrected chi connectivity index (χ4v) is 2.49. The molecule has 0 aliphatic carbocycles. The summed E-state index contributed by atoms with van der Waals surface area (Å²) in [4.78, 5) is 16.7. The standard InChI is InChI=1S/C20H23N3O/c1-5-10-18-22-19(16-11-8-7-9-12-16)17(23(18)13-6-2)14-21-20(24)15(3)4/h5-9,11-12H,1-3,10,13-14H2,4H3,(H,21,24). The Balaban J connectivity index is 2.49. The van der Waals surface area contributed by atoms with Gasteiger partial charge < -0.3 is 9.88 Å². The molecule has 0 bridgehead atoms. The zero-order chi connectivity index (χ0) is 17.5. The topological polar surface area (TPSA) is 46.9 Å². The Morgan fingerprint density at radius 3 is 2.54 bits per heavy atom. The summed E-state index contributed by atoms with van der Waals surface area (Å²) in [5.74, 6) is 0.744. The highest BCUT2D eigenvalue weighted by atomic mass is 16.1. The highest BCUT2D eigenvalue weighted by Gasteiger charge is 2.17. The van der Waals surface area contributed by atoms with Gasteiger partial charge in [0.25, 0.3) is 0 Å². The van der Waals surface area contributed by atoms with Crippen LogP contribution in [0.1, 0.15) is 18.4 Å². The first-order valence-electron chi connectivity index (χ1n) is 7.87. The Bertz CT molecular complexity index is 757. The molecule has 0 fully saturated rings. The third-order valence-electron chi connectivity index (χ3n) is 3.64. The number of hydrogen-bond donors (Lipinski definition) is 1. The van der Waals surface area contributed by atoms with E-state index in [4.69, 9.17) is 4.98 Å². The first-order chi connectivity index (χ1) is 11.6. The molecule has 1 aromatic heterocycles. The second-order valence-electron chi connectivity index (χ2n) is 5.54. The number of benzene rings is 1. The number of amides is 1. The molecule has 2 rings (SSSR count). The van der Waals surface area contributed by atoms with Crippen LogP contribution in [0.5, 0.6) is 0 Å². The summed E-state index contributed by atoms with van der Waals surface area (Å²) in [6.07, 6.45) is 4.31. The predicted octanol–water partition coefficient (Wildman–Crippen LogP) is 3.66. The maximum atomic E-state index is 11.9. The van der Waals surface area contributed by atoms with Gasteiger partial charge in [0.15, 0.2) is 0 Å². The van der Waals surface area contributed by atoms with Crippen molar-refractivity contribution in [2.24, 2.45) is 0 Å². The molecule has 0 aliphatic heterocycles. The van der Waals surface area contributed by atoms with Crippen LogP contribution in [0.15, 0.2) is 67.8 Å². The molecule has 0 atom stereocenters. The molecule has 0 aliphatic rings. The maximum Gasteiger partial charge on any atom is 0.246 e. The molecule has 0 radical (unpaired) electrons. The molecule has 1 N–H and O–H groups in total. The van der Waals surface area contributed by atoms with E-state index in [1.165, 1.54) is 0 Å². The molecule has 0 saturated heterocycles. The first kappa shape index (κ1) is 17.5. The van der Waals surface area contributed by atoms with Crippen LogP contribution in [-0.2, 0) is 24.3 Å². The summed E-state index contributed by atoms with van der Waals surface area (Å²) >= 11 is 0. The minimum Gasteiger partial charge on any atom is -0.347 e. The van der Waals surface area contributed by atoms with Gasteiger partial charge in [-0.1, -0.05) is 49.1 Å². The summed E-state index contributed by atoms with van der Waals surface area (Å²) < 4.78 is 2.08. The number of imidazole rings is 1. The lowest BCUT2D eigenvalue weighted by atomic mass is 10.1. The fourth-order valence-electron chi connectivity index (χ4n) is 2.49. The van der Waals surface area contributed by atoms with Crippen molar-refractivity contribution >= 4 is 5.91 Å².